The van der Waals surface area contributed by atoms with Crippen molar-refractivity contribution < 1.29 is 4.74 Å². The molecule has 4 nitrogen and oxygen atoms in total. The van der Waals surface area contributed by atoms with Crippen molar-refractivity contribution in [1.82, 2.24) is 4.98 Å². The van der Waals surface area contributed by atoms with Crippen molar-refractivity contribution in [2.24, 2.45) is 11.7 Å². The molecule has 2 aliphatic carbocycles. The quantitative estimate of drug-likeness (QED) is 0.859. The lowest BCUT2D eigenvalue weighted by Gasteiger charge is -2.28. The van der Waals surface area contributed by atoms with Crippen LogP contribution < -0.4 is 15.8 Å². The van der Waals surface area contributed by atoms with Gasteiger partial charge in [0, 0.05) is 16.5 Å². The summed E-state index contributed by atoms with van der Waals surface area (Å²) in [6, 6.07) is 6.95. The maximum atomic E-state index is 5.81. The van der Waals surface area contributed by atoms with E-state index in [9.17, 15) is 0 Å². The maximum Gasteiger partial charge on any atom is 0.183 e. The first-order valence-electron chi connectivity index (χ1n) is 9.40. The molecule has 0 saturated heterocycles. The summed E-state index contributed by atoms with van der Waals surface area (Å²) in [5.74, 6) is 1.65. The van der Waals surface area contributed by atoms with Gasteiger partial charge in [-0.2, -0.15) is 0 Å². The molecule has 1 aromatic heterocycles. The number of ether oxygens (including phenoxy) is 1. The Balaban J connectivity index is 1.55. The van der Waals surface area contributed by atoms with Crippen molar-refractivity contribution >= 4 is 16.5 Å². The topological polar surface area (TPSA) is 60.2 Å². The lowest BCUT2D eigenvalue weighted by molar-refractivity contribution is 0.345. The molecule has 2 aromatic rings. The van der Waals surface area contributed by atoms with Crippen molar-refractivity contribution in [3.05, 3.63) is 28.6 Å². The molecule has 134 valence electrons. The predicted octanol–water partition coefficient (Wildman–Crippen LogP) is 4.24. The number of rotatable bonds is 4. The van der Waals surface area contributed by atoms with Gasteiger partial charge in [0.2, 0.25) is 0 Å². The molecule has 5 heteroatoms. The summed E-state index contributed by atoms with van der Waals surface area (Å²) in [6.07, 6.45) is 8.28. The molecule has 0 amide bonds. The van der Waals surface area contributed by atoms with Crippen LogP contribution in [0.3, 0.4) is 0 Å². The summed E-state index contributed by atoms with van der Waals surface area (Å²) < 4.78 is 5.39. The van der Waals surface area contributed by atoms with Crippen molar-refractivity contribution in [2.75, 3.05) is 19.0 Å². The van der Waals surface area contributed by atoms with E-state index in [1.54, 1.807) is 7.11 Å². The second-order valence-corrected chi connectivity index (χ2v) is 8.35. The van der Waals surface area contributed by atoms with E-state index in [4.69, 9.17) is 15.5 Å². The number of nitrogens with one attached hydrogen (secondary N) is 1. The largest absolute Gasteiger partial charge is 0.497 e. The van der Waals surface area contributed by atoms with Gasteiger partial charge < -0.3 is 15.8 Å². The van der Waals surface area contributed by atoms with E-state index in [0.29, 0.717) is 12.0 Å². The Hall–Kier alpha value is -1.59. The number of hydrogen-bond donors (Lipinski definition) is 2. The fourth-order valence-electron chi connectivity index (χ4n) is 4.08. The van der Waals surface area contributed by atoms with Crippen LogP contribution in [0.2, 0.25) is 0 Å². The lowest BCUT2D eigenvalue weighted by Crippen LogP contribution is -2.29. The molecule has 0 unspecified atom stereocenters. The average molecular weight is 358 g/mol. The number of nitrogens with two attached hydrogens (primary N) is 1. The highest BCUT2D eigenvalue weighted by Crippen LogP contribution is 2.39. The van der Waals surface area contributed by atoms with Gasteiger partial charge in [-0.3, -0.25) is 0 Å². The summed E-state index contributed by atoms with van der Waals surface area (Å²) in [5, 5.41) is 4.79. The number of nitrogens with zero attached hydrogens (tertiary/aromatic N) is 1. The minimum Gasteiger partial charge on any atom is -0.497 e. The van der Waals surface area contributed by atoms with Crippen LogP contribution in [0.4, 0.5) is 5.13 Å². The van der Waals surface area contributed by atoms with Gasteiger partial charge in [-0.1, -0.05) is 0 Å². The van der Waals surface area contributed by atoms with E-state index in [1.165, 1.54) is 53.8 Å². The minimum absolute atomic E-state index is 0.549. The molecule has 0 aliphatic heterocycles. The predicted molar refractivity (Wildman–Crippen MR) is 105 cm³/mol. The molecule has 1 fully saturated rings. The van der Waals surface area contributed by atoms with Gasteiger partial charge in [0.15, 0.2) is 5.13 Å². The van der Waals surface area contributed by atoms with Gasteiger partial charge in [-0.25, -0.2) is 4.98 Å². The second kappa shape index (κ2) is 7.34. The molecule has 25 heavy (non-hydrogen) atoms. The first-order chi connectivity index (χ1) is 12.3. The molecule has 1 heterocycles. The van der Waals surface area contributed by atoms with Crippen LogP contribution in [0.5, 0.6) is 5.75 Å². The number of thiazole rings is 1. The van der Waals surface area contributed by atoms with Crippen LogP contribution >= 0.6 is 11.3 Å². The van der Waals surface area contributed by atoms with E-state index < -0.39 is 0 Å². The van der Waals surface area contributed by atoms with Crippen LogP contribution in [-0.4, -0.2) is 24.7 Å². The number of methoxy groups -OCH3 is 1. The third-order valence-electron chi connectivity index (χ3n) is 5.62. The molecular weight excluding hydrogens is 330 g/mol. The Morgan fingerprint density at radius 2 is 2.08 bits per heavy atom. The van der Waals surface area contributed by atoms with Crippen LogP contribution in [0.1, 0.15) is 42.5 Å². The minimum atomic E-state index is 0.549. The summed E-state index contributed by atoms with van der Waals surface area (Å²) in [6.45, 7) is 0.832. The lowest BCUT2D eigenvalue weighted by atomic mass is 9.86. The van der Waals surface area contributed by atoms with Gasteiger partial charge in [-0.15, -0.1) is 11.3 Å². The van der Waals surface area contributed by atoms with Crippen LogP contribution in [0.15, 0.2) is 18.2 Å². The maximum absolute atomic E-state index is 5.81. The summed E-state index contributed by atoms with van der Waals surface area (Å²) in [7, 11) is 1.73. The second-order valence-electron chi connectivity index (χ2n) is 7.27. The normalized spacial score (nSPS) is 22.6. The van der Waals surface area contributed by atoms with Gasteiger partial charge >= 0.3 is 0 Å². The zero-order valence-electron chi connectivity index (χ0n) is 14.9. The standard InChI is InChI=1S/C20H27N3OS/c1-24-16-9-10-17-14(11-16)3-2-4-18-19(17)23-20(25-18)22-15-7-5-13(12-21)6-8-15/h9-11,13,15H,2-8,12,21H2,1H3,(H,22,23)/t13-,15-. The number of aromatic nitrogens is 1. The van der Waals surface area contributed by atoms with Gasteiger partial charge in [-0.05, 0) is 81.2 Å². The summed E-state index contributed by atoms with van der Waals surface area (Å²) in [4.78, 5) is 6.40. The van der Waals surface area contributed by atoms with Gasteiger partial charge in [0.1, 0.15) is 5.75 Å². The highest BCUT2D eigenvalue weighted by Gasteiger charge is 2.23. The molecule has 0 bridgehead atoms. The molecule has 0 radical (unpaired) electrons. The summed E-state index contributed by atoms with van der Waals surface area (Å²) >= 11 is 1.84. The average Bonchev–Trinajstić information content (AvgIpc) is 2.96. The van der Waals surface area contributed by atoms with Gasteiger partial charge in [0.05, 0.1) is 12.8 Å². The molecule has 0 atom stereocenters. The number of fused-ring (bicyclic) bond motifs is 3. The van der Waals surface area contributed by atoms with Crippen molar-refractivity contribution in [2.45, 2.75) is 51.0 Å². The fourth-order valence-corrected chi connectivity index (χ4v) is 5.18. The van der Waals surface area contributed by atoms with Crippen molar-refractivity contribution in [3.8, 4) is 17.0 Å². The number of benzene rings is 1. The Labute approximate surface area is 153 Å². The Kier molecular flexibility index (Phi) is 4.95. The molecule has 4 rings (SSSR count). The third kappa shape index (κ3) is 3.53. The zero-order chi connectivity index (χ0) is 17.2. The van der Waals surface area contributed by atoms with E-state index in [2.05, 4.69) is 23.5 Å². The zero-order valence-corrected chi connectivity index (χ0v) is 15.7. The van der Waals surface area contributed by atoms with Crippen molar-refractivity contribution in [1.29, 1.82) is 0 Å². The highest BCUT2D eigenvalue weighted by atomic mass is 32.1. The Bertz CT molecular complexity index is 735. The first-order valence-corrected chi connectivity index (χ1v) is 10.2. The van der Waals surface area contributed by atoms with Crippen LogP contribution in [-0.2, 0) is 12.8 Å². The van der Waals surface area contributed by atoms with Gasteiger partial charge in [0.25, 0.3) is 0 Å². The first kappa shape index (κ1) is 16.9. The van der Waals surface area contributed by atoms with E-state index in [1.807, 2.05) is 11.3 Å². The molecule has 2 aliphatic rings. The van der Waals surface area contributed by atoms with E-state index in [0.717, 1.165) is 30.3 Å². The summed E-state index contributed by atoms with van der Waals surface area (Å²) in [5.41, 5.74) is 9.63. The van der Waals surface area contributed by atoms with E-state index in [-0.39, 0.29) is 0 Å². The number of aryl methyl sites for hydroxylation is 2. The molecular formula is C20H27N3OS. The van der Waals surface area contributed by atoms with Crippen molar-refractivity contribution in [3.63, 3.8) is 0 Å². The number of hydrogen-bond acceptors (Lipinski definition) is 5. The molecule has 1 aromatic carbocycles. The highest BCUT2D eigenvalue weighted by molar-refractivity contribution is 7.16. The molecule has 1 saturated carbocycles. The monoisotopic (exact) mass is 357 g/mol. The van der Waals surface area contributed by atoms with E-state index >= 15 is 0 Å². The smallest absolute Gasteiger partial charge is 0.183 e. The Morgan fingerprint density at radius 1 is 1.24 bits per heavy atom. The van der Waals surface area contributed by atoms with Crippen LogP contribution in [0.25, 0.3) is 11.3 Å². The molecule has 0 spiro atoms. The SMILES string of the molecule is COc1ccc2c(c1)CCCc1sc(N[C@H]3CC[C@H](CN)CC3)nc1-2. The fraction of sp³-hybridized carbons (Fsp3) is 0.550. The Morgan fingerprint density at radius 3 is 2.84 bits per heavy atom. The third-order valence-corrected chi connectivity index (χ3v) is 6.67. The molecule has 3 N–H and O–H groups in total. The number of anilines is 1. The van der Waals surface area contributed by atoms with Crippen LogP contribution in [0, 0.1) is 5.92 Å².